The summed E-state index contributed by atoms with van der Waals surface area (Å²) in [6.45, 7) is 5.49. The fraction of sp³-hybridized carbons (Fsp3) is 0.333. The predicted molar refractivity (Wildman–Crippen MR) is 140 cm³/mol. The molecule has 0 bridgehead atoms. The number of anilines is 1. The van der Waals surface area contributed by atoms with E-state index in [1.807, 2.05) is 44.2 Å². The van der Waals surface area contributed by atoms with Gasteiger partial charge in [0.2, 0.25) is 5.91 Å². The second kappa shape index (κ2) is 12.3. The van der Waals surface area contributed by atoms with E-state index in [2.05, 4.69) is 50.3 Å². The van der Waals surface area contributed by atoms with Crippen LogP contribution in [0.15, 0.2) is 59.7 Å². The van der Waals surface area contributed by atoms with Crippen LogP contribution in [0.2, 0.25) is 0 Å². The highest BCUT2D eigenvalue weighted by Crippen LogP contribution is 2.17. The van der Waals surface area contributed by atoms with Gasteiger partial charge in [-0.15, -0.1) is 24.0 Å². The Morgan fingerprint density at radius 2 is 1.90 bits per heavy atom. The Morgan fingerprint density at radius 3 is 2.68 bits per heavy atom. The fourth-order valence-electron chi connectivity index (χ4n) is 3.40. The number of hydrogen-bond acceptors (Lipinski definition) is 2. The molecule has 4 N–H and O–H groups in total. The van der Waals surface area contributed by atoms with Gasteiger partial charge in [-0.1, -0.05) is 44.2 Å². The second-order valence-electron chi connectivity index (χ2n) is 7.81. The molecule has 3 rings (SSSR count). The first-order valence-corrected chi connectivity index (χ1v) is 10.4. The van der Waals surface area contributed by atoms with Crippen LogP contribution in [0, 0.1) is 5.92 Å². The van der Waals surface area contributed by atoms with Crippen molar-refractivity contribution >= 4 is 52.4 Å². The number of hydrogen-bond donors (Lipinski definition) is 4. The van der Waals surface area contributed by atoms with E-state index in [0.717, 1.165) is 35.7 Å². The summed E-state index contributed by atoms with van der Waals surface area (Å²) in [4.78, 5) is 19.6. The number of rotatable bonds is 8. The number of aromatic amines is 1. The zero-order chi connectivity index (χ0) is 21.3. The number of H-pyrrole nitrogens is 1. The molecule has 0 atom stereocenters. The molecular formula is C24H32IN5O. The van der Waals surface area contributed by atoms with Gasteiger partial charge in [-0.2, -0.15) is 0 Å². The van der Waals surface area contributed by atoms with Crippen LogP contribution in [-0.4, -0.2) is 30.4 Å². The van der Waals surface area contributed by atoms with Crippen LogP contribution in [0.3, 0.4) is 0 Å². The predicted octanol–water partition coefficient (Wildman–Crippen LogP) is 4.68. The number of amides is 1. The molecule has 6 nitrogen and oxygen atoms in total. The molecule has 31 heavy (non-hydrogen) atoms. The zero-order valence-corrected chi connectivity index (χ0v) is 20.7. The molecule has 1 heterocycles. The van der Waals surface area contributed by atoms with Crippen LogP contribution in [0.5, 0.6) is 0 Å². The number of nitrogens with zero attached hydrogens (tertiary/aromatic N) is 1. The molecule has 0 saturated carbocycles. The summed E-state index contributed by atoms with van der Waals surface area (Å²) in [5.41, 5.74) is 4.35. The molecule has 0 saturated heterocycles. The minimum Gasteiger partial charge on any atom is -0.361 e. The molecule has 0 aliphatic heterocycles. The second-order valence-corrected chi connectivity index (χ2v) is 7.81. The third-order valence-electron chi connectivity index (χ3n) is 4.85. The molecule has 0 aliphatic carbocycles. The molecule has 3 aromatic rings. The highest BCUT2D eigenvalue weighted by atomic mass is 127. The number of aromatic nitrogens is 1. The molecule has 0 spiro atoms. The van der Waals surface area contributed by atoms with Crippen LogP contribution in [0.4, 0.5) is 5.69 Å². The van der Waals surface area contributed by atoms with Gasteiger partial charge in [-0.05, 0) is 41.7 Å². The molecule has 2 aromatic carbocycles. The lowest BCUT2D eigenvalue weighted by Gasteiger charge is -2.13. The van der Waals surface area contributed by atoms with Gasteiger partial charge in [-0.3, -0.25) is 9.79 Å². The molecule has 0 unspecified atom stereocenters. The Kier molecular flexibility index (Phi) is 9.84. The molecular weight excluding hydrogens is 501 g/mol. The van der Waals surface area contributed by atoms with E-state index in [4.69, 9.17) is 0 Å². The maximum atomic E-state index is 12.0. The van der Waals surface area contributed by atoms with Gasteiger partial charge in [0.25, 0.3) is 0 Å². The van der Waals surface area contributed by atoms with Crippen molar-refractivity contribution in [2.75, 3.05) is 18.9 Å². The zero-order valence-electron chi connectivity index (χ0n) is 18.4. The van der Waals surface area contributed by atoms with E-state index in [1.54, 1.807) is 7.05 Å². The Hall–Kier alpha value is -2.55. The summed E-state index contributed by atoms with van der Waals surface area (Å²) in [6, 6.07) is 16.2. The summed E-state index contributed by atoms with van der Waals surface area (Å²) < 4.78 is 0. The molecule has 0 radical (unpaired) electrons. The first-order chi connectivity index (χ1) is 14.5. The minimum absolute atomic E-state index is 0. The van der Waals surface area contributed by atoms with Gasteiger partial charge >= 0.3 is 0 Å². The van der Waals surface area contributed by atoms with E-state index in [-0.39, 0.29) is 29.9 Å². The first-order valence-electron chi connectivity index (χ1n) is 10.4. The normalized spacial score (nSPS) is 11.3. The summed E-state index contributed by atoms with van der Waals surface area (Å²) in [6.07, 6.45) is 3.50. The number of benzene rings is 2. The Labute approximate surface area is 201 Å². The lowest BCUT2D eigenvalue weighted by atomic mass is 10.1. The van der Waals surface area contributed by atoms with Crippen molar-refractivity contribution in [3.8, 4) is 0 Å². The standard InChI is InChI=1S/C24H31N5O.HI/c1-17(2)13-23(30)29-20-8-6-7-18(14-20)15-28-24(25-3)26-12-11-19-16-27-22-10-5-4-9-21(19)22;/h4-10,14,16-17,27H,11-13,15H2,1-3H3,(H,29,30)(H2,25,26,28);1H. The van der Waals surface area contributed by atoms with Crippen molar-refractivity contribution in [3.05, 3.63) is 65.9 Å². The van der Waals surface area contributed by atoms with Gasteiger partial charge in [0, 0.05) is 49.3 Å². The van der Waals surface area contributed by atoms with Crippen LogP contribution in [0.25, 0.3) is 10.9 Å². The number of nitrogens with one attached hydrogen (secondary N) is 4. The Morgan fingerprint density at radius 1 is 1.10 bits per heavy atom. The lowest BCUT2D eigenvalue weighted by molar-refractivity contribution is -0.116. The first kappa shape index (κ1) is 24.7. The minimum atomic E-state index is 0. The van der Waals surface area contributed by atoms with E-state index in [9.17, 15) is 4.79 Å². The molecule has 0 fully saturated rings. The van der Waals surface area contributed by atoms with Crippen molar-refractivity contribution in [2.45, 2.75) is 33.2 Å². The number of halogens is 1. The number of carbonyl (C=O) groups is 1. The summed E-state index contributed by atoms with van der Waals surface area (Å²) in [5, 5.41) is 10.9. The van der Waals surface area contributed by atoms with E-state index < -0.39 is 0 Å². The fourth-order valence-corrected chi connectivity index (χ4v) is 3.40. The van der Waals surface area contributed by atoms with E-state index >= 15 is 0 Å². The SMILES string of the molecule is CN=C(NCCc1c[nH]c2ccccc12)NCc1cccc(NC(=O)CC(C)C)c1.I. The maximum Gasteiger partial charge on any atom is 0.224 e. The Bertz CT molecular complexity index is 1010. The van der Waals surface area contributed by atoms with Crippen molar-refractivity contribution in [3.63, 3.8) is 0 Å². The van der Waals surface area contributed by atoms with E-state index in [1.165, 1.54) is 10.9 Å². The highest BCUT2D eigenvalue weighted by Gasteiger charge is 2.07. The van der Waals surface area contributed by atoms with Crippen molar-refractivity contribution in [2.24, 2.45) is 10.9 Å². The van der Waals surface area contributed by atoms with Crippen molar-refractivity contribution < 1.29 is 4.79 Å². The third-order valence-corrected chi connectivity index (χ3v) is 4.85. The number of para-hydroxylation sites is 1. The van der Waals surface area contributed by atoms with Gasteiger partial charge < -0.3 is 20.9 Å². The third kappa shape index (κ3) is 7.57. The summed E-state index contributed by atoms with van der Waals surface area (Å²) in [7, 11) is 1.77. The van der Waals surface area contributed by atoms with Gasteiger partial charge in [0.1, 0.15) is 0 Å². The smallest absolute Gasteiger partial charge is 0.224 e. The summed E-state index contributed by atoms with van der Waals surface area (Å²) in [5.74, 6) is 1.14. The number of carbonyl (C=O) groups excluding carboxylic acids is 1. The van der Waals surface area contributed by atoms with E-state index in [0.29, 0.717) is 18.9 Å². The maximum absolute atomic E-state index is 12.0. The van der Waals surface area contributed by atoms with Crippen molar-refractivity contribution in [1.82, 2.24) is 15.6 Å². The number of guanidine groups is 1. The molecule has 166 valence electrons. The average Bonchev–Trinajstić information content (AvgIpc) is 3.13. The number of aliphatic imine (C=N–C) groups is 1. The molecule has 0 aliphatic rings. The van der Waals surface area contributed by atoms with Gasteiger partial charge in [-0.25, -0.2) is 0 Å². The van der Waals surface area contributed by atoms with Gasteiger partial charge in [0.15, 0.2) is 5.96 Å². The lowest BCUT2D eigenvalue weighted by Crippen LogP contribution is -2.37. The van der Waals surface area contributed by atoms with Crippen LogP contribution in [-0.2, 0) is 17.8 Å². The van der Waals surface area contributed by atoms with Gasteiger partial charge in [0.05, 0.1) is 0 Å². The Balaban J connectivity index is 0.00000341. The van der Waals surface area contributed by atoms with Crippen LogP contribution in [0.1, 0.15) is 31.4 Å². The van der Waals surface area contributed by atoms with Crippen LogP contribution >= 0.6 is 24.0 Å². The highest BCUT2D eigenvalue weighted by molar-refractivity contribution is 14.0. The van der Waals surface area contributed by atoms with Crippen molar-refractivity contribution in [1.29, 1.82) is 0 Å². The monoisotopic (exact) mass is 533 g/mol. The number of fused-ring (bicyclic) bond motifs is 1. The average molecular weight is 533 g/mol. The quantitative estimate of drug-likeness (QED) is 0.193. The molecule has 7 heteroatoms. The van der Waals surface area contributed by atoms with Crippen LogP contribution < -0.4 is 16.0 Å². The molecule has 1 amide bonds. The largest absolute Gasteiger partial charge is 0.361 e. The summed E-state index contributed by atoms with van der Waals surface area (Å²) >= 11 is 0. The molecule has 1 aromatic heterocycles. The topological polar surface area (TPSA) is 81.3 Å².